The summed E-state index contributed by atoms with van der Waals surface area (Å²) in [5.41, 5.74) is 1.56. The number of hydrogen-bond donors (Lipinski definition) is 2. The number of aliphatic carboxylic acids is 1. The summed E-state index contributed by atoms with van der Waals surface area (Å²) in [5, 5.41) is 13.7. The van der Waals surface area contributed by atoms with Gasteiger partial charge in [-0.2, -0.15) is 0 Å². The van der Waals surface area contributed by atoms with E-state index in [0.29, 0.717) is 6.04 Å². The number of benzene rings is 1. The molecule has 3 rings (SSSR count). The zero-order valence-corrected chi connectivity index (χ0v) is 14.3. The summed E-state index contributed by atoms with van der Waals surface area (Å²) < 4.78 is 0. The molecular formula is C19H26ClNO2. The minimum Gasteiger partial charge on any atom is -0.481 e. The third-order valence-corrected chi connectivity index (χ3v) is 6.04. The van der Waals surface area contributed by atoms with Gasteiger partial charge in [0.2, 0.25) is 0 Å². The van der Waals surface area contributed by atoms with Crippen LogP contribution < -0.4 is 5.32 Å². The lowest BCUT2D eigenvalue weighted by molar-refractivity contribution is -0.142. The summed E-state index contributed by atoms with van der Waals surface area (Å²) in [7, 11) is 0. The Bertz CT molecular complexity index is 546. The first-order valence-corrected chi connectivity index (χ1v) is 9.19. The normalized spacial score (nSPS) is 27.0. The van der Waals surface area contributed by atoms with Crippen LogP contribution in [-0.2, 0) is 10.2 Å². The van der Waals surface area contributed by atoms with Crippen molar-refractivity contribution in [3.8, 4) is 0 Å². The average molecular weight is 336 g/mol. The Morgan fingerprint density at radius 1 is 1.22 bits per heavy atom. The van der Waals surface area contributed by atoms with Crippen molar-refractivity contribution < 1.29 is 9.90 Å². The second-order valence-electron chi connectivity index (χ2n) is 7.27. The van der Waals surface area contributed by atoms with Crippen molar-refractivity contribution in [1.29, 1.82) is 0 Å². The molecule has 126 valence electrons. The van der Waals surface area contributed by atoms with E-state index >= 15 is 0 Å². The average Bonchev–Trinajstić information content (AvgIpc) is 3.03. The highest BCUT2D eigenvalue weighted by atomic mass is 35.5. The SMILES string of the molecule is O=C(O)C1CCC(NCC2(c3cccc(Cl)c3)CCCC2)CC1. The Hall–Kier alpha value is -1.06. The smallest absolute Gasteiger partial charge is 0.306 e. The lowest BCUT2D eigenvalue weighted by Crippen LogP contribution is -2.43. The second kappa shape index (κ2) is 7.23. The zero-order valence-electron chi connectivity index (χ0n) is 13.6. The Kier molecular flexibility index (Phi) is 5.27. The largest absolute Gasteiger partial charge is 0.481 e. The highest BCUT2D eigenvalue weighted by Gasteiger charge is 2.36. The van der Waals surface area contributed by atoms with E-state index in [1.807, 2.05) is 6.07 Å². The van der Waals surface area contributed by atoms with Crippen LogP contribution in [0.2, 0.25) is 5.02 Å². The van der Waals surface area contributed by atoms with Gasteiger partial charge in [-0.15, -0.1) is 0 Å². The van der Waals surface area contributed by atoms with Gasteiger partial charge in [-0.05, 0) is 56.2 Å². The quantitative estimate of drug-likeness (QED) is 0.839. The fourth-order valence-corrected chi connectivity index (χ4v) is 4.51. The Morgan fingerprint density at radius 2 is 1.91 bits per heavy atom. The molecule has 0 saturated heterocycles. The highest BCUT2D eigenvalue weighted by Crippen LogP contribution is 2.41. The Morgan fingerprint density at radius 3 is 2.52 bits per heavy atom. The topological polar surface area (TPSA) is 49.3 Å². The van der Waals surface area contributed by atoms with Crippen LogP contribution in [0.25, 0.3) is 0 Å². The molecule has 0 radical (unpaired) electrons. The highest BCUT2D eigenvalue weighted by molar-refractivity contribution is 6.30. The molecule has 2 N–H and O–H groups in total. The van der Waals surface area contributed by atoms with E-state index in [9.17, 15) is 4.79 Å². The first kappa shape index (κ1) is 16.8. The first-order chi connectivity index (χ1) is 11.1. The van der Waals surface area contributed by atoms with Crippen molar-refractivity contribution in [2.45, 2.75) is 62.8 Å². The Labute approximate surface area is 143 Å². The molecule has 2 saturated carbocycles. The molecule has 0 heterocycles. The standard InChI is InChI=1S/C19H26ClNO2/c20-16-5-3-4-15(12-16)19(10-1-2-11-19)13-21-17-8-6-14(7-9-17)18(22)23/h3-5,12,14,17,21H,1-2,6-11,13H2,(H,22,23). The lowest BCUT2D eigenvalue weighted by atomic mass is 9.78. The van der Waals surface area contributed by atoms with Gasteiger partial charge < -0.3 is 10.4 Å². The van der Waals surface area contributed by atoms with Crippen LogP contribution in [-0.4, -0.2) is 23.7 Å². The molecule has 1 aromatic carbocycles. The second-order valence-corrected chi connectivity index (χ2v) is 7.70. The van der Waals surface area contributed by atoms with E-state index < -0.39 is 5.97 Å². The number of carboxylic acid groups (broad SMARTS) is 1. The minimum atomic E-state index is -0.630. The molecule has 0 aromatic heterocycles. The molecule has 0 atom stereocenters. The number of rotatable bonds is 5. The van der Waals surface area contributed by atoms with Gasteiger partial charge in [0.25, 0.3) is 0 Å². The number of carbonyl (C=O) groups is 1. The molecule has 0 bridgehead atoms. The van der Waals surface area contributed by atoms with E-state index in [1.165, 1.54) is 31.2 Å². The maximum atomic E-state index is 11.1. The van der Waals surface area contributed by atoms with Gasteiger partial charge in [0.1, 0.15) is 0 Å². The van der Waals surface area contributed by atoms with Crippen LogP contribution in [0.15, 0.2) is 24.3 Å². The van der Waals surface area contributed by atoms with Crippen LogP contribution in [0.5, 0.6) is 0 Å². The number of halogens is 1. The van der Waals surface area contributed by atoms with Gasteiger partial charge in [0, 0.05) is 23.0 Å². The first-order valence-electron chi connectivity index (χ1n) is 8.81. The zero-order chi connectivity index (χ0) is 16.3. The van der Waals surface area contributed by atoms with Gasteiger partial charge in [-0.3, -0.25) is 4.79 Å². The van der Waals surface area contributed by atoms with Crippen LogP contribution in [0.3, 0.4) is 0 Å². The van der Waals surface area contributed by atoms with Crippen molar-refractivity contribution in [1.82, 2.24) is 5.32 Å². The number of nitrogens with one attached hydrogen (secondary N) is 1. The molecule has 0 amide bonds. The molecule has 0 aliphatic heterocycles. The fraction of sp³-hybridized carbons (Fsp3) is 0.632. The molecule has 0 spiro atoms. The number of carboxylic acids is 1. The van der Waals surface area contributed by atoms with Gasteiger partial charge in [-0.1, -0.05) is 36.6 Å². The van der Waals surface area contributed by atoms with Crippen molar-refractivity contribution in [3.05, 3.63) is 34.9 Å². The fourth-order valence-electron chi connectivity index (χ4n) is 4.32. The maximum absolute atomic E-state index is 11.1. The van der Waals surface area contributed by atoms with Crippen molar-refractivity contribution in [2.24, 2.45) is 5.92 Å². The molecule has 3 nitrogen and oxygen atoms in total. The molecule has 0 unspecified atom stereocenters. The summed E-state index contributed by atoms with van der Waals surface area (Å²) >= 11 is 6.20. The van der Waals surface area contributed by atoms with E-state index in [2.05, 4.69) is 23.5 Å². The van der Waals surface area contributed by atoms with Crippen LogP contribution in [0.1, 0.15) is 56.9 Å². The molecule has 1 aromatic rings. The van der Waals surface area contributed by atoms with Gasteiger partial charge in [-0.25, -0.2) is 0 Å². The molecule has 23 heavy (non-hydrogen) atoms. The predicted octanol–water partition coefficient (Wildman–Crippen LogP) is 4.38. The van der Waals surface area contributed by atoms with Crippen molar-refractivity contribution >= 4 is 17.6 Å². The summed E-state index contributed by atoms with van der Waals surface area (Å²) in [5.74, 6) is -0.768. The van der Waals surface area contributed by atoms with Crippen LogP contribution >= 0.6 is 11.6 Å². The minimum absolute atomic E-state index is 0.138. The van der Waals surface area contributed by atoms with Gasteiger partial charge >= 0.3 is 5.97 Å². The summed E-state index contributed by atoms with van der Waals surface area (Å²) in [6.07, 6.45) is 8.54. The lowest BCUT2D eigenvalue weighted by Gasteiger charge is -2.34. The summed E-state index contributed by atoms with van der Waals surface area (Å²) in [4.78, 5) is 11.1. The monoisotopic (exact) mass is 335 g/mol. The van der Waals surface area contributed by atoms with E-state index in [-0.39, 0.29) is 11.3 Å². The maximum Gasteiger partial charge on any atom is 0.306 e. The summed E-state index contributed by atoms with van der Waals surface area (Å²) in [6.45, 7) is 0.982. The molecule has 4 heteroatoms. The third-order valence-electron chi connectivity index (χ3n) is 5.80. The van der Waals surface area contributed by atoms with E-state index in [4.69, 9.17) is 16.7 Å². The number of hydrogen-bond acceptors (Lipinski definition) is 2. The van der Waals surface area contributed by atoms with Gasteiger partial charge in [0.05, 0.1) is 5.92 Å². The predicted molar refractivity (Wildman–Crippen MR) is 93.0 cm³/mol. The van der Waals surface area contributed by atoms with Gasteiger partial charge in [0.15, 0.2) is 0 Å². The van der Waals surface area contributed by atoms with Crippen LogP contribution in [0.4, 0.5) is 0 Å². The molecular weight excluding hydrogens is 310 g/mol. The van der Waals surface area contributed by atoms with E-state index in [0.717, 1.165) is 37.3 Å². The molecule has 2 aliphatic rings. The third kappa shape index (κ3) is 3.89. The summed E-state index contributed by atoms with van der Waals surface area (Å²) in [6, 6.07) is 8.78. The molecule has 2 fully saturated rings. The van der Waals surface area contributed by atoms with Crippen molar-refractivity contribution in [3.63, 3.8) is 0 Å². The van der Waals surface area contributed by atoms with Crippen molar-refractivity contribution in [2.75, 3.05) is 6.54 Å². The van der Waals surface area contributed by atoms with E-state index in [1.54, 1.807) is 0 Å². The van der Waals surface area contributed by atoms with Crippen LogP contribution in [0, 0.1) is 5.92 Å². The molecule has 2 aliphatic carbocycles. The Balaban J connectivity index is 1.62.